The van der Waals surface area contributed by atoms with Crippen molar-refractivity contribution >= 4 is 45.0 Å². The number of nitrogens with one attached hydrogen (secondary N) is 2. The fraction of sp³-hybridized carbons (Fsp3) is 0.304. The molecule has 0 saturated heterocycles. The van der Waals surface area contributed by atoms with Crippen LogP contribution in [0.15, 0.2) is 56.6 Å². The molecule has 35 heavy (non-hydrogen) atoms. The van der Waals surface area contributed by atoms with E-state index >= 15 is 0 Å². The molecule has 0 spiro atoms. The lowest BCUT2D eigenvalue weighted by molar-refractivity contribution is -0.390. The highest BCUT2D eigenvalue weighted by atomic mass is 79.9. The Hall–Kier alpha value is -3.80. The summed E-state index contributed by atoms with van der Waals surface area (Å²) in [4.78, 5) is 35.2. The largest absolute Gasteiger partial charge is 0.454 e. The van der Waals surface area contributed by atoms with Crippen LogP contribution in [0, 0.1) is 16.0 Å². The van der Waals surface area contributed by atoms with Crippen molar-refractivity contribution < 1.29 is 18.9 Å². The predicted molar refractivity (Wildman–Crippen MR) is 131 cm³/mol. The van der Waals surface area contributed by atoms with E-state index in [-0.39, 0.29) is 34.4 Å². The van der Waals surface area contributed by atoms with Crippen molar-refractivity contribution in [3.05, 3.63) is 74.3 Å². The lowest BCUT2D eigenvalue weighted by Crippen LogP contribution is -2.20. The number of nitro groups is 1. The Morgan fingerprint density at radius 2 is 2.06 bits per heavy atom. The van der Waals surface area contributed by atoms with E-state index in [0.29, 0.717) is 17.2 Å². The average molecular weight is 543 g/mol. The Morgan fingerprint density at radius 1 is 1.29 bits per heavy atom. The molecule has 0 radical (unpaired) electrons. The van der Waals surface area contributed by atoms with E-state index in [1.54, 1.807) is 13.0 Å². The number of hydrazone groups is 1. The number of nitrogens with zero attached hydrogens (tertiary/aromatic N) is 4. The molecule has 1 fully saturated rings. The number of carbonyl (C=O) groups excluding carboxylic acids is 2. The monoisotopic (exact) mass is 542 g/mol. The molecule has 1 aliphatic rings. The van der Waals surface area contributed by atoms with Gasteiger partial charge in [0.1, 0.15) is 16.8 Å². The van der Waals surface area contributed by atoms with Crippen molar-refractivity contribution in [2.75, 3.05) is 5.32 Å². The van der Waals surface area contributed by atoms with Gasteiger partial charge in [-0.05, 0) is 70.4 Å². The molecule has 0 bridgehead atoms. The molecule has 12 heteroatoms. The highest BCUT2D eigenvalue weighted by Crippen LogP contribution is 2.26. The zero-order chi connectivity index (χ0) is 24.9. The number of carbonyl (C=O) groups is 2. The first-order valence-electron chi connectivity index (χ1n) is 11.0. The van der Waals surface area contributed by atoms with Gasteiger partial charge in [-0.1, -0.05) is 25.0 Å². The van der Waals surface area contributed by atoms with Gasteiger partial charge < -0.3 is 19.8 Å². The van der Waals surface area contributed by atoms with Gasteiger partial charge in [-0.25, -0.2) is 5.43 Å². The van der Waals surface area contributed by atoms with Gasteiger partial charge in [-0.15, -0.1) is 0 Å². The molecule has 3 aromatic rings. The molecular weight excluding hydrogens is 520 g/mol. The summed E-state index contributed by atoms with van der Waals surface area (Å²) in [5, 5.41) is 21.9. The highest BCUT2D eigenvalue weighted by molar-refractivity contribution is 9.10. The molecule has 2 amide bonds. The van der Waals surface area contributed by atoms with E-state index in [1.165, 1.54) is 16.9 Å². The third kappa shape index (κ3) is 6.01. The zero-order valence-corrected chi connectivity index (χ0v) is 20.4. The van der Waals surface area contributed by atoms with Gasteiger partial charge in [-0.3, -0.25) is 9.59 Å². The van der Waals surface area contributed by atoms with E-state index in [1.807, 2.05) is 24.3 Å². The quantitative estimate of drug-likeness (QED) is 0.244. The fourth-order valence-corrected chi connectivity index (χ4v) is 4.31. The van der Waals surface area contributed by atoms with Crippen LogP contribution in [-0.4, -0.2) is 32.2 Å². The number of hydrogen-bond acceptors (Lipinski definition) is 7. The minimum absolute atomic E-state index is 0.0354. The lowest BCUT2D eigenvalue weighted by Gasteiger charge is -2.11. The number of amides is 2. The summed E-state index contributed by atoms with van der Waals surface area (Å²) in [5.74, 6) is -0.319. The van der Waals surface area contributed by atoms with Crippen LogP contribution in [0.2, 0.25) is 0 Å². The van der Waals surface area contributed by atoms with Gasteiger partial charge in [0.25, 0.3) is 0 Å². The van der Waals surface area contributed by atoms with Crippen molar-refractivity contribution in [3.8, 4) is 0 Å². The lowest BCUT2D eigenvalue weighted by atomic mass is 10.1. The van der Waals surface area contributed by atoms with Crippen LogP contribution >= 0.6 is 15.9 Å². The SMILES string of the molecule is CC(=NNC(=O)c1ccc(Cn2cc(Br)c([N+](=O)[O-])n2)o1)c1cccc(NC(=O)C2CCCC2)c1. The topological polar surface area (TPSA) is 145 Å². The van der Waals surface area contributed by atoms with Crippen LogP contribution in [0.1, 0.15) is 54.5 Å². The molecule has 4 rings (SSSR count). The Labute approximate surface area is 208 Å². The number of anilines is 1. The van der Waals surface area contributed by atoms with E-state index in [0.717, 1.165) is 31.2 Å². The summed E-state index contributed by atoms with van der Waals surface area (Å²) in [5.41, 5.74) is 4.44. The Kier molecular flexibility index (Phi) is 7.39. The number of benzene rings is 1. The van der Waals surface area contributed by atoms with Crippen LogP contribution in [-0.2, 0) is 11.3 Å². The van der Waals surface area contributed by atoms with Crippen LogP contribution < -0.4 is 10.7 Å². The summed E-state index contributed by atoms with van der Waals surface area (Å²) in [7, 11) is 0. The third-order valence-corrected chi connectivity index (χ3v) is 6.23. The minimum atomic E-state index is -0.596. The molecule has 0 aliphatic heterocycles. The first-order chi connectivity index (χ1) is 16.8. The first-order valence-corrected chi connectivity index (χ1v) is 11.8. The second kappa shape index (κ2) is 10.6. The maximum Gasteiger partial charge on any atom is 0.404 e. The molecule has 1 aromatic carbocycles. The molecule has 2 aromatic heterocycles. The van der Waals surface area contributed by atoms with Gasteiger partial charge in [-0.2, -0.15) is 9.78 Å². The van der Waals surface area contributed by atoms with Gasteiger partial charge in [0.15, 0.2) is 5.76 Å². The van der Waals surface area contributed by atoms with Gasteiger partial charge in [0, 0.05) is 11.6 Å². The smallest absolute Gasteiger partial charge is 0.404 e. The Balaban J connectivity index is 1.36. The van der Waals surface area contributed by atoms with Crippen molar-refractivity contribution in [2.24, 2.45) is 11.0 Å². The van der Waals surface area contributed by atoms with Gasteiger partial charge >= 0.3 is 11.7 Å². The zero-order valence-electron chi connectivity index (χ0n) is 18.9. The van der Waals surface area contributed by atoms with E-state index in [2.05, 4.69) is 36.9 Å². The molecule has 0 unspecified atom stereocenters. The first kappa shape index (κ1) is 24.3. The van der Waals surface area contributed by atoms with E-state index in [9.17, 15) is 19.7 Å². The van der Waals surface area contributed by atoms with Gasteiger partial charge in [0.05, 0.1) is 17.0 Å². The number of hydrogen-bond donors (Lipinski definition) is 2. The molecule has 0 atom stereocenters. The van der Waals surface area contributed by atoms with Crippen LogP contribution in [0.5, 0.6) is 0 Å². The van der Waals surface area contributed by atoms with Crippen LogP contribution in [0.25, 0.3) is 0 Å². The molecule has 1 aliphatic carbocycles. The van der Waals surface area contributed by atoms with E-state index < -0.39 is 10.8 Å². The highest BCUT2D eigenvalue weighted by Gasteiger charge is 2.23. The second-order valence-corrected chi connectivity index (χ2v) is 9.07. The summed E-state index contributed by atoms with van der Waals surface area (Å²) in [6, 6.07) is 10.4. The Bertz CT molecular complexity index is 1290. The molecule has 11 nitrogen and oxygen atoms in total. The van der Waals surface area contributed by atoms with E-state index in [4.69, 9.17) is 4.42 Å². The number of furan rings is 1. The third-order valence-electron chi connectivity index (χ3n) is 5.67. The summed E-state index contributed by atoms with van der Waals surface area (Å²) in [6.07, 6.45) is 5.48. The normalized spacial score (nSPS) is 14.2. The van der Waals surface area contributed by atoms with Crippen molar-refractivity contribution in [2.45, 2.75) is 39.2 Å². The maximum absolute atomic E-state index is 12.5. The van der Waals surface area contributed by atoms with Crippen molar-refractivity contribution in [1.82, 2.24) is 15.2 Å². The maximum atomic E-state index is 12.5. The minimum Gasteiger partial charge on any atom is -0.454 e. The molecule has 1 saturated carbocycles. The predicted octanol–water partition coefficient (Wildman–Crippen LogP) is 4.48. The standard InChI is InChI=1S/C23H23BrN6O5/c1-14(16-7-4-8-17(11-16)25-22(31)15-5-2-3-6-15)26-27-23(32)20-10-9-18(35-20)12-29-13-19(24)21(28-29)30(33)34/h4,7-11,13,15H,2-3,5-6,12H2,1H3,(H,25,31)(H,27,32). The van der Waals surface area contributed by atoms with Crippen molar-refractivity contribution in [3.63, 3.8) is 0 Å². The van der Waals surface area contributed by atoms with Crippen molar-refractivity contribution in [1.29, 1.82) is 0 Å². The fourth-order valence-electron chi connectivity index (χ4n) is 3.84. The second-order valence-electron chi connectivity index (χ2n) is 8.21. The molecule has 182 valence electrons. The molecule has 2 heterocycles. The van der Waals surface area contributed by atoms with Crippen LogP contribution in [0.3, 0.4) is 0 Å². The average Bonchev–Trinajstić information content (AvgIpc) is 3.59. The number of halogens is 1. The number of aromatic nitrogens is 2. The molecule has 2 N–H and O–H groups in total. The summed E-state index contributed by atoms with van der Waals surface area (Å²) >= 11 is 3.09. The van der Waals surface area contributed by atoms with Crippen LogP contribution in [0.4, 0.5) is 11.5 Å². The molecular formula is C23H23BrN6O5. The number of rotatable bonds is 8. The summed E-state index contributed by atoms with van der Waals surface area (Å²) in [6.45, 7) is 1.86. The summed E-state index contributed by atoms with van der Waals surface area (Å²) < 4.78 is 7.12. The van der Waals surface area contributed by atoms with Gasteiger partial charge in [0.2, 0.25) is 5.91 Å². The Morgan fingerprint density at radius 3 is 2.77 bits per heavy atom.